The maximum atomic E-state index is 12.2. The highest BCUT2D eigenvalue weighted by atomic mass is 16.6. The second-order valence-corrected chi connectivity index (χ2v) is 14.5. The molecule has 0 aliphatic rings. The first kappa shape index (κ1) is 46.2. The summed E-state index contributed by atoms with van der Waals surface area (Å²) in [6.45, 7) is 5.66. The maximum absolute atomic E-state index is 12.2. The number of unbranched alkanes of at least 4 members (excludes halogenated alkanes) is 7. The Hall–Kier alpha value is -6.87. The fraction of sp³-hybridized carbons (Fsp3) is 0.340. The standard InChI is InChI=1S/C47H55N7O8/c1-5-7-8-9-10-11-12-13-14-35-29-33(16-26-41(35)52-57)34-15-25-40(47(55)56)44(30-34)62-28-27-53(6-2)38-21-17-36(18-22-38)48-50-42-31-46(61-4)43(32-45(42)60-3)51-49-37-19-23-39(24-20-37)54(58)59/h15-26,29-32,52,57H,5-14,27-28H2,1-4H3,(H,55,56). The zero-order valence-electron chi connectivity index (χ0n) is 35.8. The van der Waals surface area contributed by atoms with Crippen LogP contribution in [0.15, 0.2) is 118 Å². The molecule has 0 spiro atoms. The summed E-state index contributed by atoms with van der Waals surface area (Å²) in [4.78, 5) is 24.8. The molecule has 0 heterocycles. The molecule has 0 aliphatic heterocycles. The van der Waals surface area contributed by atoms with Gasteiger partial charge in [0.15, 0.2) is 0 Å². The lowest BCUT2D eigenvalue weighted by Crippen LogP contribution is -2.28. The fourth-order valence-electron chi connectivity index (χ4n) is 6.89. The highest BCUT2D eigenvalue weighted by Gasteiger charge is 2.16. The van der Waals surface area contributed by atoms with Crippen molar-refractivity contribution in [1.29, 1.82) is 0 Å². The van der Waals surface area contributed by atoms with Crippen LogP contribution in [0.1, 0.15) is 81.1 Å². The predicted molar refractivity (Wildman–Crippen MR) is 241 cm³/mol. The second kappa shape index (κ2) is 23.8. The Morgan fingerprint density at radius 1 is 0.710 bits per heavy atom. The van der Waals surface area contributed by atoms with Crippen LogP contribution in [0.5, 0.6) is 17.2 Å². The Kier molecular flexibility index (Phi) is 17.7. The SMILES string of the molecule is CCCCCCCCCCc1cc(-c2ccc(C(=O)O)c(OCCN(CC)c3ccc(N=Nc4cc(OC)c(N=Nc5ccc([N+](=O)[O-])cc5)cc4OC)cc3)c2)ccc1NO. The van der Waals surface area contributed by atoms with Gasteiger partial charge in [0.2, 0.25) is 0 Å². The van der Waals surface area contributed by atoms with E-state index in [9.17, 15) is 25.2 Å². The number of nitro groups is 1. The molecule has 62 heavy (non-hydrogen) atoms. The van der Waals surface area contributed by atoms with Crippen molar-refractivity contribution in [3.05, 3.63) is 118 Å². The number of non-ortho nitro benzene ring substituents is 1. The molecule has 0 radical (unpaired) electrons. The number of hydrogen-bond donors (Lipinski definition) is 3. The number of benzene rings is 5. The van der Waals surface area contributed by atoms with E-state index in [1.54, 1.807) is 30.3 Å². The number of nitrogens with zero attached hydrogens (tertiary/aromatic N) is 6. The quantitative estimate of drug-likeness (QED) is 0.0220. The Labute approximate surface area is 362 Å². The zero-order valence-corrected chi connectivity index (χ0v) is 35.8. The largest absolute Gasteiger partial charge is 0.494 e. The molecular weight excluding hydrogens is 791 g/mol. The van der Waals surface area contributed by atoms with Crippen LogP contribution < -0.4 is 24.6 Å². The van der Waals surface area contributed by atoms with Crippen molar-refractivity contribution >= 4 is 45.8 Å². The summed E-state index contributed by atoms with van der Waals surface area (Å²) in [5.41, 5.74) is 8.48. The van der Waals surface area contributed by atoms with Crippen LogP contribution in [-0.4, -0.2) is 55.1 Å². The van der Waals surface area contributed by atoms with Gasteiger partial charge in [-0.05, 0) is 97.1 Å². The number of aromatic carboxylic acids is 1. The number of nitro benzene ring substituents is 1. The Balaban J connectivity index is 1.21. The Morgan fingerprint density at radius 2 is 1.27 bits per heavy atom. The number of rotatable bonds is 25. The van der Waals surface area contributed by atoms with Gasteiger partial charge in [-0.2, -0.15) is 10.2 Å². The van der Waals surface area contributed by atoms with E-state index in [-0.39, 0.29) is 23.6 Å². The molecule has 0 aliphatic carbocycles. The van der Waals surface area contributed by atoms with Crippen molar-refractivity contribution in [3.8, 4) is 28.4 Å². The predicted octanol–water partition coefficient (Wildman–Crippen LogP) is 13.2. The molecule has 326 valence electrons. The molecule has 0 saturated heterocycles. The molecule has 0 atom stereocenters. The van der Waals surface area contributed by atoms with Crippen LogP contribution in [0.25, 0.3) is 11.1 Å². The van der Waals surface area contributed by atoms with Gasteiger partial charge in [0.25, 0.3) is 5.69 Å². The molecule has 0 bridgehead atoms. The zero-order chi connectivity index (χ0) is 44.3. The summed E-state index contributed by atoms with van der Waals surface area (Å²) in [6.07, 6.45) is 10.5. The highest BCUT2D eigenvalue weighted by molar-refractivity contribution is 5.92. The minimum atomic E-state index is -1.07. The first-order valence-electron chi connectivity index (χ1n) is 20.9. The molecule has 0 unspecified atom stereocenters. The molecule has 3 N–H and O–H groups in total. The lowest BCUT2D eigenvalue weighted by atomic mass is 9.97. The first-order valence-corrected chi connectivity index (χ1v) is 20.9. The minimum absolute atomic E-state index is 0.0463. The molecule has 0 amide bonds. The summed E-state index contributed by atoms with van der Waals surface area (Å²) in [7, 11) is 2.99. The first-order chi connectivity index (χ1) is 30.2. The van der Waals surface area contributed by atoms with Crippen LogP contribution in [0.3, 0.4) is 0 Å². The second-order valence-electron chi connectivity index (χ2n) is 14.5. The lowest BCUT2D eigenvalue weighted by Gasteiger charge is -2.23. The number of aryl methyl sites for hydroxylation is 1. The molecule has 5 rings (SSSR count). The summed E-state index contributed by atoms with van der Waals surface area (Å²) in [6, 6.07) is 27.4. The van der Waals surface area contributed by atoms with Gasteiger partial charge in [-0.15, -0.1) is 10.2 Å². The molecule has 5 aromatic rings. The fourth-order valence-corrected chi connectivity index (χ4v) is 6.89. The van der Waals surface area contributed by atoms with Crippen molar-refractivity contribution in [2.24, 2.45) is 20.5 Å². The average molecular weight is 846 g/mol. The molecule has 15 heteroatoms. The van der Waals surface area contributed by atoms with Crippen molar-refractivity contribution in [3.63, 3.8) is 0 Å². The van der Waals surface area contributed by atoms with Gasteiger partial charge in [0, 0.05) is 36.5 Å². The number of azo groups is 2. The van der Waals surface area contributed by atoms with Gasteiger partial charge >= 0.3 is 5.97 Å². The van der Waals surface area contributed by atoms with Crippen molar-refractivity contribution in [2.75, 3.05) is 44.3 Å². The molecule has 0 aromatic heterocycles. The Morgan fingerprint density at radius 3 is 1.82 bits per heavy atom. The van der Waals surface area contributed by atoms with Gasteiger partial charge in [0.05, 0.1) is 42.7 Å². The van der Waals surface area contributed by atoms with E-state index in [0.29, 0.717) is 53.0 Å². The number of carboxylic acids is 1. The van der Waals surface area contributed by atoms with Crippen molar-refractivity contribution in [2.45, 2.75) is 71.6 Å². The monoisotopic (exact) mass is 845 g/mol. The van der Waals surface area contributed by atoms with E-state index >= 15 is 0 Å². The van der Waals surface area contributed by atoms with Crippen LogP contribution >= 0.6 is 0 Å². The summed E-state index contributed by atoms with van der Waals surface area (Å²) in [5.74, 6) is -0.0377. The van der Waals surface area contributed by atoms with E-state index in [0.717, 1.165) is 41.6 Å². The normalized spacial score (nSPS) is 11.2. The average Bonchev–Trinajstić information content (AvgIpc) is 3.29. The van der Waals surface area contributed by atoms with Gasteiger partial charge in [-0.1, -0.05) is 64.0 Å². The lowest BCUT2D eigenvalue weighted by molar-refractivity contribution is -0.384. The van der Waals surface area contributed by atoms with Crippen LogP contribution in [0.2, 0.25) is 0 Å². The third kappa shape index (κ3) is 13.1. The van der Waals surface area contributed by atoms with E-state index < -0.39 is 10.9 Å². The molecule has 5 aromatic carbocycles. The Bertz CT molecular complexity index is 2300. The van der Waals surface area contributed by atoms with Crippen LogP contribution in [0.4, 0.5) is 39.8 Å². The number of ether oxygens (including phenoxy) is 3. The smallest absolute Gasteiger partial charge is 0.339 e. The van der Waals surface area contributed by atoms with Crippen LogP contribution in [0, 0.1) is 10.1 Å². The number of nitrogens with one attached hydrogen (secondary N) is 1. The number of carboxylic acid groups (broad SMARTS) is 1. The molecule has 0 saturated carbocycles. The summed E-state index contributed by atoms with van der Waals surface area (Å²) >= 11 is 0. The molecule has 15 nitrogen and oxygen atoms in total. The third-order valence-corrected chi connectivity index (χ3v) is 10.4. The summed E-state index contributed by atoms with van der Waals surface area (Å²) in [5, 5.41) is 48.0. The number of likely N-dealkylation sites (N-methyl/N-ethyl adjacent to an activating group) is 1. The maximum Gasteiger partial charge on any atom is 0.339 e. The van der Waals surface area contributed by atoms with Crippen LogP contribution in [-0.2, 0) is 6.42 Å². The number of anilines is 2. The summed E-state index contributed by atoms with van der Waals surface area (Å²) < 4.78 is 17.2. The van der Waals surface area contributed by atoms with Crippen molar-refractivity contribution < 1.29 is 34.2 Å². The molecular formula is C47H55N7O8. The highest BCUT2D eigenvalue weighted by Crippen LogP contribution is 2.41. The minimum Gasteiger partial charge on any atom is -0.494 e. The van der Waals surface area contributed by atoms with E-state index in [1.165, 1.54) is 77.0 Å². The molecule has 0 fully saturated rings. The van der Waals surface area contributed by atoms with Gasteiger partial charge in [0.1, 0.15) is 40.8 Å². The number of hydrogen-bond acceptors (Lipinski definition) is 13. The van der Waals surface area contributed by atoms with E-state index in [1.807, 2.05) is 49.4 Å². The van der Waals surface area contributed by atoms with E-state index in [4.69, 9.17) is 14.2 Å². The third-order valence-electron chi connectivity index (χ3n) is 10.4. The van der Waals surface area contributed by atoms with Gasteiger partial charge in [-0.3, -0.25) is 20.8 Å². The van der Waals surface area contributed by atoms with Gasteiger partial charge < -0.3 is 24.2 Å². The topological polar surface area (TPSA) is 193 Å². The van der Waals surface area contributed by atoms with Gasteiger partial charge in [-0.25, -0.2) is 4.79 Å². The number of carbonyl (C=O) groups is 1. The van der Waals surface area contributed by atoms with E-state index in [2.05, 4.69) is 37.8 Å². The number of methoxy groups -OCH3 is 2. The van der Waals surface area contributed by atoms with Crippen molar-refractivity contribution in [1.82, 2.24) is 0 Å².